The van der Waals surface area contributed by atoms with Crippen molar-refractivity contribution < 1.29 is 4.52 Å². The lowest BCUT2D eigenvalue weighted by molar-refractivity contribution is 0.392. The van der Waals surface area contributed by atoms with Gasteiger partial charge in [-0.15, -0.1) is 24.0 Å². The number of aromatic nitrogens is 3. The van der Waals surface area contributed by atoms with E-state index in [9.17, 15) is 0 Å². The molecule has 0 aliphatic carbocycles. The zero-order valence-corrected chi connectivity index (χ0v) is 19.0. The Morgan fingerprint density at radius 2 is 2.00 bits per heavy atom. The summed E-state index contributed by atoms with van der Waals surface area (Å²) >= 11 is 0. The van der Waals surface area contributed by atoms with Gasteiger partial charge >= 0.3 is 0 Å². The number of nitrogens with zero attached hydrogens (tertiary/aromatic N) is 5. The third kappa shape index (κ3) is 5.34. The number of hydrogen-bond donors (Lipinski definition) is 1. The van der Waals surface area contributed by atoms with Gasteiger partial charge in [-0.1, -0.05) is 23.4 Å². The molecule has 0 aliphatic heterocycles. The molecule has 0 atom stereocenters. The lowest BCUT2D eigenvalue weighted by atomic mass is 10.1. The molecule has 7 nitrogen and oxygen atoms in total. The minimum atomic E-state index is 0. The molecular formula is C20H27IN6O. The standard InChI is InChI=1S/C20H26N6O.HI/c1-15-19(16(2)27-24-15)10-11-22-20(21-3)25(4)13-17-12-23-26(14-17)18-8-6-5-7-9-18;/h5-9,12,14H,10-11,13H2,1-4H3,(H,21,22);1H. The third-order valence-corrected chi connectivity index (χ3v) is 4.49. The quantitative estimate of drug-likeness (QED) is 0.324. The number of rotatable bonds is 6. The van der Waals surface area contributed by atoms with Crippen molar-refractivity contribution in [2.75, 3.05) is 20.6 Å². The van der Waals surface area contributed by atoms with Crippen LogP contribution in [0.5, 0.6) is 0 Å². The highest BCUT2D eigenvalue weighted by Gasteiger charge is 2.11. The predicted molar refractivity (Wildman–Crippen MR) is 121 cm³/mol. The number of benzene rings is 1. The Hall–Kier alpha value is -2.36. The van der Waals surface area contributed by atoms with Crippen molar-refractivity contribution in [2.24, 2.45) is 4.99 Å². The average molecular weight is 494 g/mol. The Morgan fingerprint density at radius 1 is 1.25 bits per heavy atom. The van der Waals surface area contributed by atoms with Crippen LogP contribution in [0.1, 0.15) is 22.6 Å². The summed E-state index contributed by atoms with van der Waals surface area (Å²) in [5.74, 6) is 1.72. The lowest BCUT2D eigenvalue weighted by Crippen LogP contribution is -2.39. The van der Waals surface area contributed by atoms with Gasteiger partial charge in [-0.25, -0.2) is 4.68 Å². The van der Waals surface area contributed by atoms with Crippen LogP contribution in [-0.4, -0.2) is 46.4 Å². The zero-order chi connectivity index (χ0) is 19.2. The number of nitrogens with one attached hydrogen (secondary N) is 1. The third-order valence-electron chi connectivity index (χ3n) is 4.49. The van der Waals surface area contributed by atoms with Crippen molar-refractivity contribution in [1.82, 2.24) is 25.2 Å². The van der Waals surface area contributed by atoms with Crippen LogP contribution in [0.25, 0.3) is 5.69 Å². The van der Waals surface area contributed by atoms with Gasteiger partial charge in [0.05, 0.1) is 17.6 Å². The predicted octanol–water partition coefficient (Wildman–Crippen LogP) is 3.35. The number of aliphatic imine (C=N–C) groups is 1. The van der Waals surface area contributed by atoms with Crippen LogP contribution in [0.4, 0.5) is 0 Å². The molecule has 0 fully saturated rings. The van der Waals surface area contributed by atoms with Gasteiger partial charge in [-0.3, -0.25) is 4.99 Å². The molecule has 1 aromatic carbocycles. The molecule has 3 rings (SSSR count). The fourth-order valence-electron chi connectivity index (χ4n) is 3.06. The number of hydrogen-bond acceptors (Lipinski definition) is 4. The molecule has 150 valence electrons. The largest absolute Gasteiger partial charge is 0.361 e. The van der Waals surface area contributed by atoms with Crippen molar-refractivity contribution in [3.63, 3.8) is 0 Å². The molecule has 0 amide bonds. The van der Waals surface area contributed by atoms with Gasteiger partial charge in [0.25, 0.3) is 0 Å². The van der Waals surface area contributed by atoms with Crippen LogP contribution in [0.15, 0.2) is 52.2 Å². The van der Waals surface area contributed by atoms with Crippen molar-refractivity contribution >= 4 is 29.9 Å². The fourth-order valence-corrected chi connectivity index (χ4v) is 3.06. The highest BCUT2D eigenvalue weighted by atomic mass is 127. The second-order valence-electron chi connectivity index (χ2n) is 6.51. The molecule has 2 aromatic heterocycles. The highest BCUT2D eigenvalue weighted by Crippen LogP contribution is 2.12. The summed E-state index contributed by atoms with van der Waals surface area (Å²) in [5.41, 5.74) is 4.28. The normalized spacial score (nSPS) is 11.2. The monoisotopic (exact) mass is 494 g/mol. The molecule has 0 spiro atoms. The van der Waals surface area contributed by atoms with Gasteiger partial charge in [0, 0.05) is 44.5 Å². The zero-order valence-electron chi connectivity index (χ0n) is 16.7. The van der Waals surface area contributed by atoms with Gasteiger partial charge in [0.1, 0.15) is 5.76 Å². The first-order valence-electron chi connectivity index (χ1n) is 9.01. The Labute approximate surface area is 182 Å². The smallest absolute Gasteiger partial charge is 0.193 e. The maximum absolute atomic E-state index is 5.22. The van der Waals surface area contributed by atoms with E-state index in [1.54, 1.807) is 7.05 Å². The Balaban J connectivity index is 0.00000280. The molecule has 0 bridgehead atoms. The van der Waals surface area contributed by atoms with Crippen LogP contribution in [0.2, 0.25) is 0 Å². The average Bonchev–Trinajstić information content (AvgIpc) is 3.27. The number of halogens is 1. The Morgan fingerprint density at radius 3 is 2.64 bits per heavy atom. The summed E-state index contributed by atoms with van der Waals surface area (Å²) < 4.78 is 7.10. The van der Waals surface area contributed by atoms with Crippen LogP contribution in [-0.2, 0) is 13.0 Å². The molecule has 0 saturated carbocycles. The van der Waals surface area contributed by atoms with E-state index in [1.165, 1.54) is 0 Å². The van der Waals surface area contributed by atoms with Crippen molar-refractivity contribution in [3.8, 4) is 5.69 Å². The van der Waals surface area contributed by atoms with E-state index in [0.717, 1.165) is 53.7 Å². The minimum absolute atomic E-state index is 0. The van der Waals surface area contributed by atoms with Crippen LogP contribution >= 0.6 is 24.0 Å². The SMILES string of the molecule is CN=C(NCCc1c(C)noc1C)N(C)Cc1cnn(-c2ccccc2)c1.I. The maximum Gasteiger partial charge on any atom is 0.193 e. The van der Waals surface area contributed by atoms with E-state index in [0.29, 0.717) is 0 Å². The Bertz CT molecular complexity index is 883. The molecule has 28 heavy (non-hydrogen) atoms. The van der Waals surface area contributed by atoms with Crippen molar-refractivity contribution in [3.05, 3.63) is 65.3 Å². The van der Waals surface area contributed by atoms with Gasteiger partial charge in [0.2, 0.25) is 0 Å². The van der Waals surface area contributed by atoms with E-state index in [1.807, 2.05) is 68.3 Å². The number of aryl methyl sites for hydroxylation is 2. The summed E-state index contributed by atoms with van der Waals surface area (Å²) in [6.45, 7) is 5.40. The molecule has 0 saturated heterocycles. The van der Waals surface area contributed by atoms with Gasteiger partial charge in [-0.2, -0.15) is 5.10 Å². The van der Waals surface area contributed by atoms with E-state index in [4.69, 9.17) is 4.52 Å². The number of para-hydroxylation sites is 1. The molecule has 0 aliphatic rings. The maximum atomic E-state index is 5.22. The lowest BCUT2D eigenvalue weighted by Gasteiger charge is -2.21. The van der Waals surface area contributed by atoms with Crippen LogP contribution < -0.4 is 5.32 Å². The molecule has 1 N–H and O–H groups in total. The summed E-state index contributed by atoms with van der Waals surface area (Å²) in [6.07, 6.45) is 4.78. The molecular weight excluding hydrogens is 467 g/mol. The second-order valence-corrected chi connectivity index (χ2v) is 6.51. The van der Waals surface area contributed by atoms with Crippen molar-refractivity contribution in [1.29, 1.82) is 0 Å². The summed E-state index contributed by atoms with van der Waals surface area (Å²) in [4.78, 5) is 6.46. The van der Waals surface area contributed by atoms with Crippen molar-refractivity contribution in [2.45, 2.75) is 26.8 Å². The summed E-state index contributed by atoms with van der Waals surface area (Å²) in [7, 11) is 3.81. The minimum Gasteiger partial charge on any atom is -0.361 e. The number of guanidine groups is 1. The fraction of sp³-hybridized carbons (Fsp3) is 0.350. The first-order valence-corrected chi connectivity index (χ1v) is 9.01. The van der Waals surface area contributed by atoms with Gasteiger partial charge in [0.15, 0.2) is 5.96 Å². The van der Waals surface area contributed by atoms with E-state index >= 15 is 0 Å². The molecule has 0 unspecified atom stereocenters. The molecule has 2 heterocycles. The molecule has 8 heteroatoms. The van der Waals surface area contributed by atoms with Crippen LogP contribution in [0.3, 0.4) is 0 Å². The Kier molecular flexibility index (Phi) is 8.04. The highest BCUT2D eigenvalue weighted by molar-refractivity contribution is 14.0. The van der Waals surface area contributed by atoms with Crippen LogP contribution in [0, 0.1) is 13.8 Å². The summed E-state index contributed by atoms with van der Waals surface area (Å²) in [6, 6.07) is 10.1. The topological polar surface area (TPSA) is 71.5 Å². The molecule has 3 aromatic rings. The second kappa shape index (κ2) is 10.3. The molecule has 0 radical (unpaired) electrons. The van der Waals surface area contributed by atoms with Gasteiger partial charge < -0.3 is 14.7 Å². The summed E-state index contributed by atoms with van der Waals surface area (Å²) in [5, 5.41) is 11.9. The van der Waals surface area contributed by atoms with E-state index in [-0.39, 0.29) is 24.0 Å². The van der Waals surface area contributed by atoms with E-state index in [2.05, 4.69) is 25.5 Å². The first kappa shape index (κ1) is 21.9. The van der Waals surface area contributed by atoms with E-state index < -0.39 is 0 Å². The van der Waals surface area contributed by atoms with Gasteiger partial charge in [-0.05, 0) is 32.4 Å². The first-order chi connectivity index (χ1) is 13.1.